The van der Waals surface area contributed by atoms with E-state index < -0.39 is 23.1 Å². The summed E-state index contributed by atoms with van der Waals surface area (Å²) in [6.07, 6.45) is 3.51. The fourth-order valence-electron chi connectivity index (χ4n) is 3.43. The summed E-state index contributed by atoms with van der Waals surface area (Å²) >= 11 is 12.3. The summed E-state index contributed by atoms with van der Waals surface area (Å²) in [5.74, 6) is -2.49. The number of halogens is 4. The Morgan fingerprint density at radius 2 is 1.72 bits per heavy atom. The molecule has 3 rings (SSSR count). The number of benzene rings is 2. The minimum Gasteiger partial charge on any atom is -0.349 e. The van der Waals surface area contributed by atoms with E-state index in [0.29, 0.717) is 10.0 Å². The van der Waals surface area contributed by atoms with Crippen molar-refractivity contribution in [2.45, 2.75) is 37.6 Å². The molecule has 25 heavy (non-hydrogen) atoms. The van der Waals surface area contributed by atoms with Gasteiger partial charge in [0.1, 0.15) is 17.2 Å². The van der Waals surface area contributed by atoms with E-state index in [4.69, 9.17) is 23.2 Å². The second-order valence-corrected chi connectivity index (χ2v) is 7.08. The molecular weight excluding hydrogens is 367 g/mol. The summed E-state index contributed by atoms with van der Waals surface area (Å²) in [7, 11) is 0. The maximum absolute atomic E-state index is 13.8. The monoisotopic (exact) mass is 383 g/mol. The Kier molecular flexibility index (Phi) is 5.60. The summed E-state index contributed by atoms with van der Waals surface area (Å²) in [5, 5.41) is 3.87. The van der Waals surface area contributed by atoms with Gasteiger partial charge in [0.25, 0.3) is 5.91 Å². The highest BCUT2D eigenvalue weighted by molar-refractivity contribution is 6.35. The van der Waals surface area contributed by atoms with E-state index in [-0.39, 0.29) is 12.0 Å². The van der Waals surface area contributed by atoms with Crippen LogP contribution in [0.25, 0.3) is 0 Å². The second kappa shape index (κ2) is 7.71. The minimum absolute atomic E-state index is 0.0164. The first-order valence-corrected chi connectivity index (χ1v) is 8.93. The number of hydrogen-bond acceptors (Lipinski definition) is 1. The van der Waals surface area contributed by atoms with Crippen LogP contribution in [-0.4, -0.2) is 11.9 Å². The fraction of sp³-hybridized carbons (Fsp3) is 0.316. The van der Waals surface area contributed by atoms with Crippen LogP contribution in [0.1, 0.15) is 47.5 Å². The lowest BCUT2D eigenvalue weighted by Gasteiger charge is -2.33. The van der Waals surface area contributed by atoms with Crippen LogP contribution in [0.4, 0.5) is 8.78 Å². The molecule has 0 unspecified atom stereocenters. The van der Waals surface area contributed by atoms with Crippen molar-refractivity contribution in [3.8, 4) is 0 Å². The molecule has 0 saturated heterocycles. The predicted molar refractivity (Wildman–Crippen MR) is 95.3 cm³/mol. The van der Waals surface area contributed by atoms with Gasteiger partial charge in [0.05, 0.1) is 0 Å². The van der Waals surface area contributed by atoms with Crippen molar-refractivity contribution >= 4 is 29.1 Å². The van der Waals surface area contributed by atoms with Crippen molar-refractivity contribution in [1.29, 1.82) is 0 Å². The summed E-state index contributed by atoms with van der Waals surface area (Å²) in [4.78, 5) is 12.4. The van der Waals surface area contributed by atoms with Gasteiger partial charge in [-0.15, -0.1) is 0 Å². The Morgan fingerprint density at radius 3 is 2.40 bits per heavy atom. The van der Waals surface area contributed by atoms with Crippen molar-refractivity contribution in [3.05, 3.63) is 69.2 Å². The van der Waals surface area contributed by atoms with Gasteiger partial charge in [0.2, 0.25) is 0 Å². The van der Waals surface area contributed by atoms with Gasteiger partial charge < -0.3 is 5.32 Å². The van der Waals surface area contributed by atoms with Crippen molar-refractivity contribution < 1.29 is 13.6 Å². The third kappa shape index (κ3) is 3.96. The molecule has 2 nitrogen and oxygen atoms in total. The third-order valence-corrected chi connectivity index (χ3v) is 5.20. The summed E-state index contributed by atoms with van der Waals surface area (Å²) in [6.45, 7) is 0. The molecule has 6 heteroatoms. The van der Waals surface area contributed by atoms with Crippen molar-refractivity contribution in [2.24, 2.45) is 0 Å². The average Bonchev–Trinajstić information content (AvgIpc) is 2.55. The molecular formula is C19H17Cl2F2NO. The van der Waals surface area contributed by atoms with Gasteiger partial charge in [-0.2, -0.15) is 0 Å². The van der Waals surface area contributed by atoms with Gasteiger partial charge in [0.15, 0.2) is 0 Å². The quantitative estimate of drug-likeness (QED) is 0.720. The molecule has 2 aromatic rings. The number of amides is 1. The lowest BCUT2D eigenvalue weighted by Crippen LogP contribution is -2.41. The SMILES string of the molecule is O=C(N[C@@H]1CCCC[C@@H]1c1ccc(Cl)cc1Cl)c1c(F)cccc1F. The molecule has 1 amide bonds. The summed E-state index contributed by atoms with van der Waals surface area (Å²) < 4.78 is 27.7. The predicted octanol–water partition coefficient (Wildman–Crippen LogP) is 5.73. The molecule has 2 atom stereocenters. The van der Waals surface area contributed by atoms with Crippen molar-refractivity contribution in [2.75, 3.05) is 0 Å². The van der Waals surface area contributed by atoms with E-state index in [9.17, 15) is 13.6 Å². The highest BCUT2D eigenvalue weighted by atomic mass is 35.5. The smallest absolute Gasteiger partial charge is 0.257 e. The molecule has 1 aliphatic rings. The number of carbonyl (C=O) groups is 1. The van der Waals surface area contributed by atoms with Crippen LogP contribution in [0.2, 0.25) is 10.0 Å². The van der Waals surface area contributed by atoms with Crippen LogP contribution in [0.15, 0.2) is 36.4 Å². The molecule has 2 aromatic carbocycles. The van der Waals surface area contributed by atoms with E-state index in [1.54, 1.807) is 12.1 Å². The topological polar surface area (TPSA) is 29.1 Å². The van der Waals surface area contributed by atoms with E-state index in [2.05, 4.69) is 5.32 Å². The Morgan fingerprint density at radius 1 is 1.04 bits per heavy atom. The van der Waals surface area contributed by atoms with Crippen LogP contribution in [0, 0.1) is 11.6 Å². The molecule has 0 heterocycles. The second-order valence-electron chi connectivity index (χ2n) is 6.23. The zero-order chi connectivity index (χ0) is 18.0. The molecule has 0 aliphatic heterocycles. The van der Waals surface area contributed by atoms with Crippen molar-refractivity contribution in [1.82, 2.24) is 5.32 Å². The maximum Gasteiger partial charge on any atom is 0.257 e. The van der Waals surface area contributed by atoms with Crippen molar-refractivity contribution in [3.63, 3.8) is 0 Å². The van der Waals surface area contributed by atoms with Crippen LogP contribution >= 0.6 is 23.2 Å². The average molecular weight is 384 g/mol. The summed E-state index contributed by atoms with van der Waals surface area (Å²) in [6, 6.07) is 8.43. The molecule has 1 aliphatic carbocycles. The van der Waals surface area contributed by atoms with Crippen LogP contribution in [-0.2, 0) is 0 Å². The first-order chi connectivity index (χ1) is 12.0. The minimum atomic E-state index is -0.866. The zero-order valence-electron chi connectivity index (χ0n) is 13.4. The third-order valence-electron chi connectivity index (χ3n) is 4.63. The molecule has 0 bridgehead atoms. The molecule has 0 radical (unpaired) electrons. The van der Waals surface area contributed by atoms with Crippen LogP contribution in [0.5, 0.6) is 0 Å². The van der Waals surface area contributed by atoms with E-state index >= 15 is 0 Å². The largest absolute Gasteiger partial charge is 0.349 e. The fourth-order valence-corrected chi connectivity index (χ4v) is 3.98. The maximum atomic E-state index is 13.8. The number of hydrogen-bond donors (Lipinski definition) is 1. The molecule has 0 spiro atoms. The number of nitrogens with one attached hydrogen (secondary N) is 1. The van der Waals surface area contributed by atoms with Gasteiger partial charge in [0, 0.05) is 22.0 Å². The van der Waals surface area contributed by atoms with E-state index in [0.717, 1.165) is 43.4 Å². The summed E-state index contributed by atoms with van der Waals surface area (Å²) in [5.41, 5.74) is 0.346. The van der Waals surface area contributed by atoms with Gasteiger partial charge in [-0.1, -0.05) is 48.2 Å². The Labute approximate surface area is 155 Å². The Balaban J connectivity index is 1.85. The lowest BCUT2D eigenvalue weighted by molar-refractivity contribution is 0.0912. The standard InChI is InChI=1S/C19H17Cl2F2NO/c20-11-8-9-12(14(21)10-11)13-4-1-2-7-17(13)24-19(25)18-15(22)5-3-6-16(18)23/h3,5-6,8-10,13,17H,1-2,4,7H2,(H,24,25)/t13-,17-/m1/s1. The highest BCUT2D eigenvalue weighted by Crippen LogP contribution is 2.37. The van der Waals surface area contributed by atoms with Gasteiger partial charge in [-0.25, -0.2) is 8.78 Å². The molecule has 1 N–H and O–H groups in total. The van der Waals surface area contributed by atoms with E-state index in [1.807, 2.05) is 6.07 Å². The van der Waals surface area contributed by atoms with Crippen LogP contribution < -0.4 is 5.32 Å². The van der Waals surface area contributed by atoms with Gasteiger partial charge in [-0.3, -0.25) is 4.79 Å². The Hall–Kier alpha value is -1.65. The van der Waals surface area contributed by atoms with Gasteiger partial charge in [-0.05, 0) is 42.7 Å². The zero-order valence-corrected chi connectivity index (χ0v) is 14.9. The molecule has 132 valence electrons. The number of rotatable bonds is 3. The molecule has 1 saturated carbocycles. The molecule has 1 fully saturated rings. The van der Waals surface area contributed by atoms with E-state index in [1.165, 1.54) is 6.07 Å². The first-order valence-electron chi connectivity index (χ1n) is 8.17. The van der Waals surface area contributed by atoms with Crippen LogP contribution in [0.3, 0.4) is 0 Å². The number of carbonyl (C=O) groups excluding carboxylic acids is 1. The highest BCUT2D eigenvalue weighted by Gasteiger charge is 2.30. The first kappa shape index (κ1) is 18.2. The lowest BCUT2D eigenvalue weighted by atomic mass is 9.80. The Bertz CT molecular complexity index is 777. The molecule has 0 aromatic heterocycles. The van der Waals surface area contributed by atoms with Gasteiger partial charge >= 0.3 is 0 Å². The normalized spacial score (nSPS) is 20.3.